The van der Waals surface area contributed by atoms with E-state index in [4.69, 9.17) is 0 Å². The molecule has 1 aliphatic heterocycles. The SMILES string of the molecule is CC1CCN(Cc2ccccc2)C[C@H]1N(C)c1ncnc2[nH]ccc12. The monoisotopic (exact) mass is 335 g/mol. The molecule has 5 heteroatoms. The largest absolute Gasteiger partial charge is 0.354 e. The molecule has 0 radical (unpaired) electrons. The van der Waals surface area contributed by atoms with Gasteiger partial charge in [-0.1, -0.05) is 37.3 Å². The predicted molar refractivity (Wildman–Crippen MR) is 102 cm³/mol. The Morgan fingerprint density at radius 2 is 2.04 bits per heavy atom. The normalized spacial score (nSPS) is 21.5. The summed E-state index contributed by atoms with van der Waals surface area (Å²) in [6.07, 6.45) is 4.80. The van der Waals surface area contributed by atoms with E-state index >= 15 is 0 Å². The van der Waals surface area contributed by atoms with E-state index in [2.05, 4.69) is 75.1 Å². The molecule has 1 unspecified atom stereocenters. The zero-order valence-corrected chi connectivity index (χ0v) is 14.9. The number of piperidine rings is 1. The van der Waals surface area contributed by atoms with Gasteiger partial charge in [0.25, 0.3) is 0 Å². The van der Waals surface area contributed by atoms with Crippen molar-refractivity contribution in [1.82, 2.24) is 19.9 Å². The van der Waals surface area contributed by atoms with Crippen LogP contribution in [0.3, 0.4) is 0 Å². The van der Waals surface area contributed by atoms with Crippen molar-refractivity contribution in [3.63, 3.8) is 0 Å². The number of likely N-dealkylation sites (tertiary alicyclic amines) is 1. The zero-order chi connectivity index (χ0) is 17.2. The average molecular weight is 335 g/mol. The Kier molecular flexibility index (Phi) is 4.40. The fraction of sp³-hybridized carbons (Fsp3) is 0.400. The van der Waals surface area contributed by atoms with Crippen molar-refractivity contribution < 1.29 is 0 Å². The highest BCUT2D eigenvalue weighted by atomic mass is 15.3. The van der Waals surface area contributed by atoms with E-state index in [9.17, 15) is 0 Å². The highest BCUT2D eigenvalue weighted by Crippen LogP contribution is 2.29. The third-order valence-electron chi connectivity index (χ3n) is 5.42. The molecule has 4 rings (SSSR count). The van der Waals surface area contributed by atoms with Crippen LogP contribution in [0.2, 0.25) is 0 Å². The van der Waals surface area contributed by atoms with Crippen LogP contribution in [0, 0.1) is 5.92 Å². The van der Waals surface area contributed by atoms with Crippen molar-refractivity contribution >= 4 is 16.9 Å². The number of benzene rings is 1. The first-order chi connectivity index (χ1) is 12.2. The van der Waals surface area contributed by atoms with Gasteiger partial charge in [0.05, 0.1) is 5.39 Å². The van der Waals surface area contributed by atoms with Gasteiger partial charge in [-0.3, -0.25) is 4.90 Å². The zero-order valence-electron chi connectivity index (χ0n) is 14.9. The number of aromatic amines is 1. The minimum absolute atomic E-state index is 0.450. The number of rotatable bonds is 4. The summed E-state index contributed by atoms with van der Waals surface area (Å²) in [5.41, 5.74) is 2.29. The third-order valence-corrected chi connectivity index (χ3v) is 5.42. The molecule has 130 valence electrons. The molecule has 2 atom stereocenters. The predicted octanol–water partition coefficient (Wildman–Crippen LogP) is 3.30. The Labute approximate surface area is 148 Å². The smallest absolute Gasteiger partial charge is 0.142 e. The molecule has 0 saturated carbocycles. The van der Waals surface area contributed by atoms with Gasteiger partial charge in [-0.2, -0.15) is 0 Å². The van der Waals surface area contributed by atoms with Gasteiger partial charge in [0.15, 0.2) is 0 Å². The first-order valence-electron chi connectivity index (χ1n) is 8.99. The maximum absolute atomic E-state index is 4.57. The molecule has 25 heavy (non-hydrogen) atoms. The van der Waals surface area contributed by atoms with Gasteiger partial charge in [0.2, 0.25) is 0 Å². The van der Waals surface area contributed by atoms with E-state index in [0.29, 0.717) is 12.0 Å². The van der Waals surface area contributed by atoms with E-state index in [1.54, 1.807) is 6.33 Å². The standard InChI is InChI=1S/C20H25N5/c1-15-9-11-25(12-16-6-4-3-5-7-16)13-18(15)24(2)20-17-8-10-21-19(17)22-14-23-20/h3-8,10,14-15,18H,9,11-13H2,1-2H3,(H,21,22,23)/t15?,18-/m1/s1. The van der Waals surface area contributed by atoms with Gasteiger partial charge in [-0.05, 0) is 30.5 Å². The third kappa shape index (κ3) is 3.24. The summed E-state index contributed by atoms with van der Waals surface area (Å²) in [7, 11) is 2.17. The lowest BCUT2D eigenvalue weighted by Gasteiger charge is -2.42. The first kappa shape index (κ1) is 16.1. The number of aromatic nitrogens is 3. The molecule has 1 aromatic carbocycles. The van der Waals surface area contributed by atoms with E-state index in [-0.39, 0.29) is 0 Å². The number of likely N-dealkylation sites (N-methyl/N-ethyl adjacent to an activating group) is 1. The lowest BCUT2D eigenvalue weighted by Crippen LogP contribution is -2.50. The number of fused-ring (bicyclic) bond motifs is 1. The highest BCUT2D eigenvalue weighted by Gasteiger charge is 2.30. The Bertz CT molecular complexity index is 828. The first-order valence-corrected chi connectivity index (χ1v) is 8.99. The molecule has 0 spiro atoms. The topological polar surface area (TPSA) is 48.1 Å². The Morgan fingerprint density at radius 3 is 2.88 bits per heavy atom. The van der Waals surface area contributed by atoms with Crippen LogP contribution in [-0.2, 0) is 6.54 Å². The molecule has 3 heterocycles. The molecular formula is C20H25N5. The minimum atomic E-state index is 0.450. The van der Waals surface area contributed by atoms with Crippen molar-refractivity contribution in [3.8, 4) is 0 Å². The number of nitrogens with one attached hydrogen (secondary N) is 1. The molecule has 0 bridgehead atoms. The van der Waals surface area contributed by atoms with Gasteiger partial charge < -0.3 is 9.88 Å². The molecule has 0 aliphatic carbocycles. The molecule has 1 N–H and O–H groups in total. The minimum Gasteiger partial charge on any atom is -0.354 e. The van der Waals surface area contributed by atoms with Crippen LogP contribution in [0.5, 0.6) is 0 Å². The molecule has 1 aliphatic rings. The number of hydrogen-bond acceptors (Lipinski definition) is 4. The van der Waals surface area contributed by atoms with Crippen molar-refractivity contribution in [2.24, 2.45) is 5.92 Å². The fourth-order valence-electron chi connectivity index (χ4n) is 3.90. The molecule has 5 nitrogen and oxygen atoms in total. The van der Waals surface area contributed by atoms with E-state index < -0.39 is 0 Å². The second kappa shape index (κ2) is 6.84. The summed E-state index contributed by atoms with van der Waals surface area (Å²) in [4.78, 5) is 17.0. The second-order valence-electron chi connectivity index (χ2n) is 7.10. The maximum atomic E-state index is 4.57. The van der Waals surface area contributed by atoms with E-state index in [0.717, 1.165) is 36.5 Å². The Balaban J connectivity index is 1.54. The second-order valence-corrected chi connectivity index (χ2v) is 7.10. The summed E-state index contributed by atoms with van der Waals surface area (Å²) in [5.74, 6) is 1.66. The molecule has 1 fully saturated rings. The highest BCUT2D eigenvalue weighted by molar-refractivity contribution is 5.87. The maximum Gasteiger partial charge on any atom is 0.142 e. The van der Waals surface area contributed by atoms with Crippen molar-refractivity contribution in [2.75, 3.05) is 25.0 Å². The van der Waals surface area contributed by atoms with Crippen LogP contribution in [0.25, 0.3) is 11.0 Å². The van der Waals surface area contributed by atoms with Crippen LogP contribution in [-0.4, -0.2) is 46.0 Å². The molecule has 0 amide bonds. The Hall–Kier alpha value is -2.40. The van der Waals surface area contributed by atoms with Crippen molar-refractivity contribution in [2.45, 2.75) is 25.9 Å². The summed E-state index contributed by atoms with van der Waals surface area (Å²) >= 11 is 0. The summed E-state index contributed by atoms with van der Waals surface area (Å²) in [6.45, 7) is 5.59. The summed E-state index contributed by atoms with van der Waals surface area (Å²) in [5, 5.41) is 1.09. The van der Waals surface area contributed by atoms with Gasteiger partial charge in [-0.25, -0.2) is 9.97 Å². The quantitative estimate of drug-likeness (QED) is 0.795. The number of H-pyrrole nitrogens is 1. The van der Waals surface area contributed by atoms with E-state index in [1.165, 1.54) is 12.0 Å². The van der Waals surface area contributed by atoms with Crippen LogP contribution in [0.15, 0.2) is 48.9 Å². The van der Waals surface area contributed by atoms with Gasteiger partial charge in [0, 0.05) is 32.4 Å². The molecule has 1 saturated heterocycles. The molecule has 3 aromatic rings. The van der Waals surface area contributed by atoms with Gasteiger partial charge in [0.1, 0.15) is 17.8 Å². The summed E-state index contributed by atoms with van der Waals surface area (Å²) in [6, 6.07) is 13.3. The van der Waals surface area contributed by atoms with Crippen LogP contribution >= 0.6 is 0 Å². The van der Waals surface area contributed by atoms with Crippen molar-refractivity contribution in [1.29, 1.82) is 0 Å². The number of anilines is 1. The lowest BCUT2D eigenvalue weighted by molar-refractivity contribution is 0.159. The van der Waals surface area contributed by atoms with Crippen LogP contribution < -0.4 is 4.90 Å². The van der Waals surface area contributed by atoms with Gasteiger partial charge in [-0.15, -0.1) is 0 Å². The number of hydrogen-bond donors (Lipinski definition) is 1. The average Bonchev–Trinajstić information content (AvgIpc) is 3.12. The van der Waals surface area contributed by atoms with E-state index in [1.807, 2.05) is 6.20 Å². The van der Waals surface area contributed by atoms with Crippen LogP contribution in [0.1, 0.15) is 18.9 Å². The molecule has 2 aromatic heterocycles. The van der Waals surface area contributed by atoms with Crippen LogP contribution in [0.4, 0.5) is 5.82 Å². The van der Waals surface area contributed by atoms with Crippen molar-refractivity contribution in [3.05, 3.63) is 54.5 Å². The Morgan fingerprint density at radius 1 is 1.20 bits per heavy atom. The number of nitrogens with zero attached hydrogens (tertiary/aromatic N) is 4. The summed E-state index contributed by atoms with van der Waals surface area (Å²) < 4.78 is 0. The lowest BCUT2D eigenvalue weighted by atomic mass is 9.92. The molecular weight excluding hydrogens is 310 g/mol. The fourth-order valence-corrected chi connectivity index (χ4v) is 3.90. The van der Waals surface area contributed by atoms with Gasteiger partial charge >= 0.3 is 0 Å².